The third-order valence-corrected chi connectivity index (χ3v) is 16.5. The van der Waals surface area contributed by atoms with Crippen LogP contribution in [0.1, 0.15) is 62.5 Å². The average Bonchev–Trinajstić information content (AvgIpc) is 4.20. The molecule has 0 fully saturated rings. The van der Waals surface area contributed by atoms with Crippen LogP contribution < -0.4 is 18.9 Å². The van der Waals surface area contributed by atoms with Crippen LogP contribution in [0.2, 0.25) is 0 Å². The van der Waals surface area contributed by atoms with Crippen LogP contribution in [0.3, 0.4) is 0 Å². The number of aliphatic hydroxyl groups is 2. The maximum Gasteiger partial charge on any atom is 0.204 e. The Hall–Kier alpha value is -7.68. The molecule has 6 heterocycles. The quantitative estimate of drug-likeness (QED) is 0.0998. The van der Waals surface area contributed by atoms with E-state index in [-0.39, 0.29) is 34.9 Å². The monoisotopic (exact) mass is 1060 g/mol. The van der Waals surface area contributed by atoms with Gasteiger partial charge in [0.25, 0.3) is 0 Å². The summed E-state index contributed by atoms with van der Waals surface area (Å²) in [4.78, 5) is 15.1. The molecule has 0 bridgehead atoms. The summed E-state index contributed by atoms with van der Waals surface area (Å²) in [6, 6.07) is 17.1. The third kappa shape index (κ3) is 10.8. The van der Waals surface area contributed by atoms with Crippen LogP contribution in [0, 0.1) is 25.5 Å². The molecule has 4 atom stereocenters. The van der Waals surface area contributed by atoms with Crippen molar-refractivity contribution in [3.05, 3.63) is 132 Å². The number of hydrogen-bond acceptors (Lipinski definition) is 20. The van der Waals surface area contributed by atoms with Crippen molar-refractivity contribution >= 4 is 19.7 Å². The Balaban J connectivity index is 0.000000216. The van der Waals surface area contributed by atoms with Gasteiger partial charge in [0, 0.05) is 0 Å². The van der Waals surface area contributed by atoms with Gasteiger partial charge >= 0.3 is 0 Å². The number of para-hydroxylation sites is 2. The van der Waals surface area contributed by atoms with Gasteiger partial charge in [-0.05, 0) is 90.1 Å². The second-order valence-corrected chi connectivity index (χ2v) is 21.7. The Morgan fingerprint density at radius 3 is 1.14 bits per heavy atom. The summed E-state index contributed by atoms with van der Waals surface area (Å²) in [7, 11) is -2.36. The molecule has 74 heavy (non-hydrogen) atoms. The zero-order chi connectivity index (χ0) is 53.9. The Labute approximate surface area is 423 Å². The Bertz CT molecular complexity index is 3210. The van der Waals surface area contributed by atoms with E-state index in [1.165, 1.54) is 65.3 Å². The number of aromatic nitrogens is 10. The fraction of sp³-hybridized carbons (Fsp3) is 0.333. The molecular formula is C48H52F2N10O12S2. The fourth-order valence-electron chi connectivity index (χ4n) is 7.64. The van der Waals surface area contributed by atoms with E-state index < -0.39 is 64.5 Å². The largest absolute Gasteiger partial charge is 0.494 e. The first-order valence-corrected chi connectivity index (χ1v) is 25.7. The smallest absolute Gasteiger partial charge is 0.204 e. The van der Waals surface area contributed by atoms with Crippen LogP contribution in [0.5, 0.6) is 23.0 Å². The molecule has 0 radical (unpaired) electrons. The topological polar surface area (TPSA) is 285 Å². The SMILES string of the molecule is COc1cccc(OC)c1-n1c(CS(=O)(=O)[C@@H](C)[C@@](C)(O)c2ncc(F)cn2)nnc1-c1ccc(C)o1.COc1cccc(OC)c1-n1c(CS(=O)(=O)[C@@H](C)[C@](C)(O)c2ncc(F)cn2)nnc1-c1ccc(C)o1. The minimum Gasteiger partial charge on any atom is -0.494 e. The number of halogens is 2. The molecule has 2 aromatic carbocycles. The number of sulfone groups is 2. The molecule has 6 aromatic heterocycles. The summed E-state index contributed by atoms with van der Waals surface area (Å²) in [5, 5.41) is 36.1. The second-order valence-electron chi connectivity index (χ2n) is 17.0. The highest BCUT2D eigenvalue weighted by atomic mass is 32.2. The van der Waals surface area contributed by atoms with E-state index in [1.807, 2.05) is 0 Å². The van der Waals surface area contributed by atoms with Crippen molar-refractivity contribution in [3.63, 3.8) is 0 Å². The zero-order valence-corrected chi connectivity index (χ0v) is 43.3. The highest BCUT2D eigenvalue weighted by Crippen LogP contribution is 2.40. The summed E-state index contributed by atoms with van der Waals surface area (Å²) < 4.78 is 118. The molecule has 26 heteroatoms. The van der Waals surface area contributed by atoms with Crippen molar-refractivity contribution in [2.24, 2.45) is 0 Å². The van der Waals surface area contributed by atoms with Gasteiger partial charge in [-0.25, -0.2) is 45.6 Å². The van der Waals surface area contributed by atoms with E-state index in [9.17, 15) is 35.8 Å². The van der Waals surface area contributed by atoms with Crippen molar-refractivity contribution in [2.75, 3.05) is 28.4 Å². The van der Waals surface area contributed by atoms with Gasteiger partial charge in [-0.1, -0.05) is 12.1 Å². The number of ether oxygens (including phenoxy) is 4. The lowest BCUT2D eigenvalue weighted by Crippen LogP contribution is -2.42. The Morgan fingerprint density at radius 2 is 0.865 bits per heavy atom. The number of hydrogen-bond donors (Lipinski definition) is 2. The molecule has 0 aliphatic carbocycles. The maximum atomic E-state index is 13.6. The first-order valence-electron chi connectivity index (χ1n) is 22.3. The van der Waals surface area contributed by atoms with E-state index in [4.69, 9.17) is 27.8 Å². The lowest BCUT2D eigenvalue weighted by Gasteiger charge is -2.28. The molecular weight excluding hydrogens is 1010 g/mol. The van der Waals surface area contributed by atoms with Crippen LogP contribution in [0.4, 0.5) is 8.78 Å². The Morgan fingerprint density at radius 1 is 0.554 bits per heavy atom. The van der Waals surface area contributed by atoms with E-state index in [0.29, 0.717) is 57.4 Å². The number of benzene rings is 2. The molecule has 0 spiro atoms. The fourth-order valence-corrected chi connectivity index (χ4v) is 10.8. The molecule has 0 saturated heterocycles. The number of methoxy groups -OCH3 is 4. The standard InChI is InChI=1S/2C24H26FN5O6S/c2*1-14-9-10-19(36-14)22-29-28-20(30(22)21-17(34-4)7-6-8-18(21)35-5)13-37(32,33)15(2)24(3,31)23-26-11-16(25)12-27-23/h2*6-12,15,31H,13H2,1-5H3/t15-,24+;15-,24-/m00/s1. The molecule has 0 unspecified atom stereocenters. The van der Waals surface area contributed by atoms with Gasteiger partial charge in [-0.3, -0.25) is 9.13 Å². The molecule has 22 nitrogen and oxygen atoms in total. The number of furan rings is 2. The molecule has 0 saturated carbocycles. The Kier molecular flexibility index (Phi) is 15.7. The second kappa shape index (κ2) is 21.4. The van der Waals surface area contributed by atoms with Gasteiger partial charge in [0.2, 0.25) is 11.6 Å². The summed E-state index contributed by atoms with van der Waals surface area (Å²) >= 11 is 0. The number of aryl methyl sites for hydroxylation is 2. The van der Waals surface area contributed by atoms with Crippen molar-refractivity contribution in [3.8, 4) is 57.5 Å². The zero-order valence-electron chi connectivity index (χ0n) is 41.7. The lowest BCUT2D eigenvalue weighted by atomic mass is 10.0. The highest BCUT2D eigenvalue weighted by Gasteiger charge is 2.44. The van der Waals surface area contributed by atoms with E-state index >= 15 is 0 Å². The predicted octanol–water partition coefficient (Wildman–Crippen LogP) is 5.99. The third-order valence-electron chi connectivity index (χ3n) is 12.1. The molecule has 8 aromatic rings. The van der Waals surface area contributed by atoms with E-state index in [1.54, 1.807) is 74.5 Å². The van der Waals surface area contributed by atoms with Crippen LogP contribution >= 0.6 is 0 Å². The van der Waals surface area contributed by atoms with Gasteiger partial charge < -0.3 is 38.0 Å². The predicted molar refractivity (Wildman–Crippen MR) is 261 cm³/mol. The van der Waals surface area contributed by atoms with Gasteiger partial charge in [-0.15, -0.1) is 20.4 Å². The molecule has 2 N–H and O–H groups in total. The number of nitrogens with zero attached hydrogens (tertiary/aromatic N) is 10. The van der Waals surface area contributed by atoms with Gasteiger partial charge in [0.1, 0.15) is 68.6 Å². The average molecular weight is 1060 g/mol. The summed E-state index contributed by atoms with van der Waals surface area (Å²) in [6.07, 6.45) is 3.44. The first-order chi connectivity index (χ1) is 35.0. The van der Waals surface area contributed by atoms with Crippen LogP contribution in [-0.4, -0.2) is 115 Å². The van der Waals surface area contributed by atoms with E-state index in [0.717, 1.165) is 24.8 Å². The molecule has 0 aliphatic heterocycles. The summed E-state index contributed by atoms with van der Waals surface area (Å²) in [5.41, 5.74) is -3.32. The van der Waals surface area contributed by atoms with Gasteiger partial charge in [-0.2, -0.15) is 0 Å². The van der Waals surface area contributed by atoms with Crippen molar-refractivity contribution in [1.82, 2.24) is 49.5 Å². The molecule has 392 valence electrons. The first kappa shape index (κ1) is 54.1. The van der Waals surface area contributed by atoms with Crippen molar-refractivity contribution in [2.45, 2.75) is 74.8 Å². The van der Waals surface area contributed by atoms with Crippen molar-refractivity contribution < 1.29 is 63.6 Å². The van der Waals surface area contributed by atoms with Crippen LogP contribution in [0.25, 0.3) is 34.5 Å². The van der Waals surface area contributed by atoms with E-state index in [2.05, 4.69) is 40.3 Å². The van der Waals surface area contributed by atoms with Gasteiger partial charge in [0.15, 0.2) is 66.1 Å². The van der Waals surface area contributed by atoms with Gasteiger partial charge in [0.05, 0.1) is 63.7 Å². The van der Waals surface area contributed by atoms with Crippen LogP contribution in [0.15, 0.2) is 94.3 Å². The normalized spacial score (nSPS) is 14.2. The van der Waals surface area contributed by atoms with Crippen LogP contribution in [-0.2, 0) is 42.4 Å². The van der Waals surface area contributed by atoms with Crippen molar-refractivity contribution in [1.29, 1.82) is 0 Å². The minimum absolute atomic E-state index is 0.0227. The summed E-state index contributed by atoms with van der Waals surface area (Å²) in [6.45, 7) is 8.69. The minimum atomic E-state index is -4.12. The maximum absolute atomic E-state index is 13.6. The molecule has 8 rings (SSSR count). The molecule has 0 amide bonds. The molecule has 0 aliphatic rings. The lowest BCUT2D eigenvalue weighted by molar-refractivity contribution is 0.0462. The summed E-state index contributed by atoms with van der Waals surface area (Å²) in [5.74, 6) is 0.798. The number of rotatable bonds is 18. The highest BCUT2D eigenvalue weighted by molar-refractivity contribution is 7.91.